The number of carbonyl (C=O) groups is 2. The van der Waals surface area contributed by atoms with E-state index < -0.39 is 23.6 Å². The van der Waals surface area contributed by atoms with Crippen molar-refractivity contribution in [2.75, 3.05) is 16.8 Å². The largest absolute Gasteiger partial charge is 0.484 e. The van der Waals surface area contributed by atoms with Crippen molar-refractivity contribution in [2.24, 2.45) is 0 Å². The summed E-state index contributed by atoms with van der Waals surface area (Å²) in [5.74, 6) is -0.598. The van der Waals surface area contributed by atoms with Crippen LogP contribution in [0.1, 0.15) is 11.1 Å². The number of rotatable bonds is 6. The van der Waals surface area contributed by atoms with E-state index in [0.29, 0.717) is 27.0 Å². The van der Waals surface area contributed by atoms with Gasteiger partial charge in [-0.1, -0.05) is 65.4 Å². The number of thioether (sulfide) groups is 1. The van der Waals surface area contributed by atoms with Gasteiger partial charge >= 0.3 is 6.18 Å². The number of amides is 2. The number of ether oxygens (including phenoxy) is 1. The summed E-state index contributed by atoms with van der Waals surface area (Å²) in [5, 5.41) is 3.30. The van der Waals surface area contributed by atoms with Crippen molar-refractivity contribution in [3.63, 3.8) is 0 Å². The highest BCUT2D eigenvalue weighted by Crippen LogP contribution is 2.38. The third-order valence-corrected chi connectivity index (χ3v) is 7.00. The lowest BCUT2D eigenvalue weighted by Crippen LogP contribution is -2.27. The minimum atomic E-state index is -4.55. The Bertz CT molecular complexity index is 1430. The van der Waals surface area contributed by atoms with Gasteiger partial charge in [-0.25, -0.2) is 0 Å². The Balaban J connectivity index is 1.44. The van der Waals surface area contributed by atoms with Crippen LogP contribution in [0.5, 0.6) is 5.75 Å². The van der Waals surface area contributed by atoms with Crippen LogP contribution in [0.4, 0.5) is 24.5 Å². The van der Waals surface area contributed by atoms with Crippen LogP contribution in [0.25, 0.3) is 6.08 Å². The molecule has 1 aliphatic rings. The third kappa shape index (κ3) is 6.64. The number of nitrogens with zero attached hydrogens (tertiary/aromatic N) is 1. The number of hydrogen-bond donors (Lipinski definition) is 1. The van der Waals surface area contributed by atoms with E-state index in [1.54, 1.807) is 42.5 Å². The number of alkyl halides is 3. The summed E-state index contributed by atoms with van der Waals surface area (Å²) in [6.07, 6.45) is -3.00. The lowest BCUT2D eigenvalue weighted by molar-refractivity contribution is -0.137. The predicted molar refractivity (Wildman–Crippen MR) is 144 cm³/mol. The summed E-state index contributed by atoms with van der Waals surface area (Å²) in [5.41, 5.74) is 0.188. The Morgan fingerprint density at radius 2 is 1.81 bits per heavy atom. The van der Waals surface area contributed by atoms with E-state index in [4.69, 9.17) is 40.2 Å². The molecule has 2 amide bonds. The van der Waals surface area contributed by atoms with E-state index in [9.17, 15) is 22.8 Å². The molecular formula is C25H15Cl2F3N2O3S2. The van der Waals surface area contributed by atoms with Crippen LogP contribution in [0.3, 0.4) is 0 Å². The molecule has 12 heteroatoms. The highest BCUT2D eigenvalue weighted by molar-refractivity contribution is 8.27. The first-order chi connectivity index (χ1) is 17.5. The molecule has 0 aromatic heterocycles. The van der Waals surface area contributed by atoms with Gasteiger partial charge in [0.25, 0.3) is 11.8 Å². The molecule has 0 atom stereocenters. The minimum Gasteiger partial charge on any atom is -0.484 e. The summed E-state index contributed by atoms with van der Waals surface area (Å²) >= 11 is 18.0. The maximum absolute atomic E-state index is 13.1. The maximum Gasteiger partial charge on any atom is 0.416 e. The number of nitrogens with one attached hydrogen (secondary N) is 1. The number of thiocarbonyl (C=S) groups is 1. The Morgan fingerprint density at radius 1 is 1.05 bits per heavy atom. The van der Waals surface area contributed by atoms with Crippen molar-refractivity contribution in [3.05, 3.63) is 92.8 Å². The quantitative estimate of drug-likeness (QED) is 0.242. The van der Waals surface area contributed by atoms with E-state index in [1.165, 1.54) is 18.2 Å². The van der Waals surface area contributed by atoms with Crippen molar-refractivity contribution in [3.8, 4) is 5.75 Å². The van der Waals surface area contributed by atoms with Gasteiger partial charge in [0.05, 0.1) is 26.2 Å². The van der Waals surface area contributed by atoms with Crippen LogP contribution >= 0.6 is 47.2 Å². The second kappa shape index (κ2) is 11.1. The van der Waals surface area contributed by atoms with Crippen molar-refractivity contribution in [1.82, 2.24) is 0 Å². The Kier molecular flexibility index (Phi) is 8.13. The van der Waals surface area contributed by atoms with Gasteiger partial charge in [0.1, 0.15) is 5.75 Å². The Labute approximate surface area is 229 Å². The molecule has 1 aliphatic heterocycles. The second-order valence-corrected chi connectivity index (χ2v) is 10.1. The molecule has 0 unspecified atom stereocenters. The van der Waals surface area contributed by atoms with E-state index in [1.807, 2.05) is 0 Å². The molecule has 3 aromatic rings. The van der Waals surface area contributed by atoms with Crippen LogP contribution in [-0.4, -0.2) is 22.7 Å². The molecule has 3 aromatic carbocycles. The van der Waals surface area contributed by atoms with Crippen molar-refractivity contribution in [2.45, 2.75) is 6.18 Å². The van der Waals surface area contributed by atoms with Gasteiger partial charge in [-0.3, -0.25) is 14.5 Å². The summed E-state index contributed by atoms with van der Waals surface area (Å²) in [7, 11) is 0. The Morgan fingerprint density at radius 3 is 2.54 bits per heavy atom. The van der Waals surface area contributed by atoms with Crippen LogP contribution in [0, 0.1) is 0 Å². The fraction of sp³-hybridized carbons (Fsp3) is 0.0800. The average Bonchev–Trinajstić information content (AvgIpc) is 3.12. The van der Waals surface area contributed by atoms with Crippen LogP contribution in [0.2, 0.25) is 10.0 Å². The third-order valence-electron chi connectivity index (χ3n) is 4.95. The minimum absolute atomic E-state index is 0.0331. The van der Waals surface area contributed by atoms with Crippen molar-refractivity contribution in [1.29, 1.82) is 0 Å². The fourth-order valence-corrected chi connectivity index (χ4v) is 4.87. The lowest BCUT2D eigenvalue weighted by Gasteiger charge is -2.16. The SMILES string of the molecule is O=C(COc1cccc(/C=C2\SC(=S)N(c3cccc(C(F)(F)F)c3)C2=O)c1)Nc1ccc(Cl)c(Cl)c1. The fourth-order valence-electron chi connectivity index (χ4n) is 3.28. The number of hydrogen-bond acceptors (Lipinski definition) is 5. The zero-order valence-corrected chi connectivity index (χ0v) is 21.7. The average molecular weight is 583 g/mol. The monoisotopic (exact) mass is 582 g/mol. The molecule has 1 heterocycles. The highest BCUT2D eigenvalue weighted by atomic mass is 35.5. The van der Waals surface area contributed by atoms with Gasteiger partial charge < -0.3 is 10.1 Å². The zero-order chi connectivity index (χ0) is 26.7. The van der Waals surface area contributed by atoms with Gasteiger partial charge in [-0.05, 0) is 60.2 Å². The second-order valence-electron chi connectivity index (χ2n) is 7.60. The molecule has 1 N–H and O–H groups in total. The molecule has 0 bridgehead atoms. The molecule has 5 nitrogen and oxygen atoms in total. The van der Waals surface area contributed by atoms with E-state index in [-0.39, 0.29) is 21.5 Å². The summed E-state index contributed by atoms with van der Waals surface area (Å²) < 4.78 is 45.0. The zero-order valence-electron chi connectivity index (χ0n) is 18.5. The summed E-state index contributed by atoms with van der Waals surface area (Å²) in [6.45, 7) is -0.290. The molecule has 0 radical (unpaired) electrons. The van der Waals surface area contributed by atoms with Gasteiger partial charge in [-0.2, -0.15) is 13.2 Å². The summed E-state index contributed by atoms with van der Waals surface area (Å²) in [4.78, 5) is 26.5. The molecule has 190 valence electrons. The van der Waals surface area contributed by atoms with Crippen LogP contribution < -0.4 is 15.0 Å². The first kappa shape index (κ1) is 27.0. The van der Waals surface area contributed by atoms with Gasteiger partial charge in [0.2, 0.25) is 0 Å². The summed E-state index contributed by atoms with van der Waals surface area (Å²) in [6, 6.07) is 15.7. The molecular weight excluding hydrogens is 568 g/mol. The number of carbonyl (C=O) groups excluding carboxylic acids is 2. The van der Waals surface area contributed by atoms with Crippen molar-refractivity contribution >= 4 is 80.8 Å². The predicted octanol–water partition coefficient (Wildman–Crippen LogP) is 7.44. The molecule has 4 rings (SSSR count). The topological polar surface area (TPSA) is 58.6 Å². The highest BCUT2D eigenvalue weighted by Gasteiger charge is 2.36. The van der Waals surface area contributed by atoms with E-state index in [0.717, 1.165) is 28.8 Å². The van der Waals surface area contributed by atoms with E-state index in [2.05, 4.69) is 5.32 Å². The Hall–Kier alpha value is -3.05. The van der Waals surface area contributed by atoms with Gasteiger partial charge in [0.15, 0.2) is 10.9 Å². The van der Waals surface area contributed by atoms with Crippen molar-refractivity contribution < 1.29 is 27.5 Å². The molecule has 0 spiro atoms. The standard InChI is InChI=1S/C25H15Cl2F3N2O3S2/c26-19-8-7-16(12-20(19)27)31-22(33)13-35-18-6-1-3-14(9-18)10-21-23(34)32(24(36)37-21)17-5-2-4-15(11-17)25(28,29)30/h1-12H,13H2,(H,31,33)/b21-10-. The number of halogens is 5. The van der Waals surface area contributed by atoms with E-state index >= 15 is 0 Å². The molecule has 1 saturated heterocycles. The smallest absolute Gasteiger partial charge is 0.416 e. The first-order valence-corrected chi connectivity index (χ1v) is 12.4. The van der Waals surface area contributed by atoms with Gasteiger partial charge in [-0.15, -0.1) is 0 Å². The first-order valence-electron chi connectivity index (χ1n) is 10.4. The maximum atomic E-state index is 13.1. The molecule has 37 heavy (non-hydrogen) atoms. The molecule has 0 saturated carbocycles. The number of benzene rings is 3. The number of anilines is 2. The van der Waals surface area contributed by atoms with Gasteiger partial charge in [0, 0.05) is 5.69 Å². The van der Waals surface area contributed by atoms with Crippen LogP contribution in [0.15, 0.2) is 71.6 Å². The molecule has 1 fully saturated rings. The van der Waals surface area contributed by atoms with Crippen LogP contribution in [-0.2, 0) is 15.8 Å². The normalized spacial score (nSPS) is 14.8. The lowest BCUT2D eigenvalue weighted by atomic mass is 10.1. The molecule has 0 aliphatic carbocycles.